The van der Waals surface area contributed by atoms with E-state index in [1.807, 2.05) is 0 Å². The van der Waals surface area contributed by atoms with Crippen molar-refractivity contribution in [2.75, 3.05) is 0 Å². The Morgan fingerprint density at radius 1 is 1.26 bits per heavy atom. The number of rotatable bonds is 2. The van der Waals surface area contributed by atoms with Crippen LogP contribution in [0.5, 0.6) is 0 Å². The number of hydrogen-bond acceptors (Lipinski definition) is 2. The van der Waals surface area contributed by atoms with Crippen molar-refractivity contribution in [1.29, 1.82) is 0 Å². The van der Waals surface area contributed by atoms with Crippen molar-refractivity contribution >= 4 is 28.5 Å². The summed E-state index contributed by atoms with van der Waals surface area (Å²) in [4.78, 5) is 19.5. The Morgan fingerprint density at radius 2 is 2.05 bits per heavy atom. The molecule has 1 heterocycles. The number of carbonyl (C=O) groups excluding carboxylic acids is 1. The van der Waals surface area contributed by atoms with E-state index in [1.165, 1.54) is 12.1 Å². The van der Waals surface area contributed by atoms with Crippen LogP contribution in [0.3, 0.4) is 0 Å². The van der Waals surface area contributed by atoms with E-state index in [1.54, 1.807) is 23.9 Å². The molecule has 3 nitrogen and oxygen atoms in total. The molecule has 1 aromatic carbocycles. The molecule has 0 bridgehead atoms. The van der Waals surface area contributed by atoms with Crippen LogP contribution in [0, 0.1) is 11.7 Å². The van der Waals surface area contributed by atoms with Crippen LogP contribution in [-0.4, -0.2) is 16.8 Å². The van der Waals surface area contributed by atoms with Gasteiger partial charge in [-0.1, -0.05) is 12.1 Å². The molecular formula is C14H13FN2OS. The van der Waals surface area contributed by atoms with E-state index >= 15 is 0 Å². The summed E-state index contributed by atoms with van der Waals surface area (Å²) in [6.45, 7) is 0. The Balaban J connectivity index is 1.69. The summed E-state index contributed by atoms with van der Waals surface area (Å²) in [6, 6.07) is 6.04. The molecule has 1 saturated carbocycles. The highest BCUT2D eigenvalue weighted by molar-refractivity contribution is 8.13. The molecule has 1 aromatic rings. The summed E-state index contributed by atoms with van der Waals surface area (Å²) >= 11 is 1.56. The van der Waals surface area contributed by atoms with Gasteiger partial charge in [0.1, 0.15) is 5.82 Å². The van der Waals surface area contributed by atoms with Crippen molar-refractivity contribution in [3.8, 4) is 0 Å². The quantitative estimate of drug-likeness (QED) is 0.823. The lowest BCUT2D eigenvalue weighted by atomic mass is 10.1. The number of fused-ring (bicyclic) bond motifs is 1. The van der Waals surface area contributed by atoms with E-state index in [0.29, 0.717) is 5.75 Å². The fraction of sp³-hybridized carbons (Fsp3) is 0.357. The Kier molecular flexibility index (Phi) is 3.46. The minimum absolute atomic E-state index is 0.232. The third-order valence-corrected chi connectivity index (χ3v) is 4.52. The van der Waals surface area contributed by atoms with Gasteiger partial charge in [-0.15, -0.1) is 11.8 Å². The van der Waals surface area contributed by atoms with Crippen LogP contribution in [-0.2, 0) is 5.75 Å². The molecule has 0 spiro atoms. The van der Waals surface area contributed by atoms with Crippen molar-refractivity contribution in [2.45, 2.75) is 25.0 Å². The molecule has 1 atom stereocenters. The van der Waals surface area contributed by atoms with E-state index in [-0.39, 0.29) is 17.8 Å². The standard InChI is InChI=1S/C14H13FN2OS/c15-10-6-4-9(5-7-10)8-19-13-11-2-1-3-12(11)16-14(18)17-13/h4-7,11H,1-3,8H2. The van der Waals surface area contributed by atoms with Crippen molar-refractivity contribution in [1.82, 2.24) is 0 Å². The molecule has 19 heavy (non-hydrogen) atoms. The number of halogens is 1. The lowest BCUT2D eigenvalue weighted by Gasteiger charge is -2.16. The van der Waals surface area contributed by atoms with Crippen molar-refractivity contribution in [2.24, 2.45) is 15.9 Å². The molecule has 5 heteroatoms. The van der Waals surface area contributed by atoms with Gasteiger partial charge in [0.05, 0.1) is 5.04 Å². The summed E-state index contributed by atoms with van der Waals surface area (Å²) < 4.78 is 12.8. The van der Waals surface area contributed by atoms with Gasteiger partial charge in [-0.2, -0.15) is 4.99 Å². The van der Waals surface area contributed by atoms with E-state index in [2.05, 4.69) is 9.98 Å². The van der Waals surface area contributed by atoms with Crippen molar-refractivity contribution < 1.29 is 9.18 Å². The van der Waals surface area contributed by atoms with Crippen LogP contribution in [0.15, 0.2) is 34.3 Å². The smallest absolute Gasteiger partial charge is 0.244 e. The van der Waals surface area contributed by atoms with Gasteiger partial charge < -0.3 is 0 Å². The summed E-state index contributed by atoms with van der Waals surface area (Å²) in [5.41, 5.74) is 2.02. The van der Waals surface area contributed by atoms with E-state index in [0.717, 1.165) is 35.6 Å². The number of benzene rings is 1. The minimum Gasteiger partial charge on any atom is -0.244 e. The summed E-state index contributed by atoms with van der Waals surface area (Å²) in [7, 11) is 0. The largest absolute Gasteiger partial charge is 0.367 e. The SMILES string of the molecule is O=C1N=C2CCCC2C(SCc2ccc(F)cc2)=N1. The maximum atomic E-state index is 12.8. The first kappa shape index (κ1) is 12.5. The van der Waals surface area contributed by atoms with Gasteiger partial charge in [-0.25, -0.2) is 14.2 Å². The zero-order valence-corrected chi connectivity index (χ0v) is 11.1. The van der Waals surface area contributed by atoms with Gasteiger partial charge in [0.15, 0.2) is 0 Å². The van der Waals surface area contributed by atoms with Gasteiger partial charge in [0.25, 0.3) is 0 Å². The van der Waals surface area contributed by atoms with Crippen LogP contribution < -0.4 is 0 Å². The Labute approximate surface area is 115 Å². The fourth-order valence-corrected chi connectivity index (χ4v) is 3.52. The molecule has 3 rings (SSSR count). The number of amides is 2. The zero-order chi connectivity index (χ0) is 13.2. The molecule has 2 amide bonds. The maximum Gasteiger partial charge on any atom is 0.367 e. The molecule has 1 aliphatic carbocycles. The zero-order valence-electron chi connectivity index (χ0n) is 10.3. The number of urea groups is 1. The highest BCUT2D eigenvalue weighted by Crippen LogP contribution is 2.32. The molecule has 1 aliphatic heterocycles. The fourth-order valence-electron chi connectivity index (χ4n) is 2.42. The van der Waals surface area contributed by atoms with Gasteiger partial charge in [0, 0.05) is 17.4 Å². The molecule has 1 unspecified atom stereocenters. The van der Waals surface area contributed by atoms with Crippen molar-refractivity contribution in [3.63, 3.8) is 0 Å². The predicted molar refractivity (Wildman–Crippen MR) is 75.3 cm³/mol. The van der Waals surface area contributed by atoms with Gasteiger partial charge >= 0.3 is 6.03 Å². The van der Waals surface area contributed by atoms with E-state index < -0.39 is 0 Å². The van der Waals surface area contributed by atoms with Crippen LogP contribution in [0.25, 0.3) is 0 Å². The first-order chi connectivity index (χ1) is 9.22. The van der Waals surface area contributed by atoms with Crippen LogP contribution in [0.2, 0.25) is 0 Å². The number of nitrogens with zero attached hydrogens (tertiary/aromatic N) is 2. The predicted octanol–water partition coefficient (Wildman–Crippen LogP) is 3.83. The monoisotopic (exact) mass is 276 g/mol. The Hall–Kier alpha value is -1.49. The topological polar surface area (TPSA) is 41.8 Å². The third kappa shape index (κ3) is 2.76. The highest BCUT2D eigenvalue weighted by atomic mass is 32.2. The maximum absolute atomic E-state index is 12.8. The summed E-state index contributed by atoms with van der Waals surface area (Å²) in [5.74, 6) is 0.711. The third-order valence-electron chi connectivity index (χ3n) is 3.37. The minimum atomic E-state index is -0.380. The van der Waals surface area contributed by atoms with E-state index in [4.69, 9.17) is 0 Å². The molecule has 0 N–H and O–H groups in total. The van der Waals surface area contributed by atoms with Crippen LogP contribution >= 0.6 is 11.8 Å². The highest BCUT2D eigenvalue weighted by Gasteiger charge is 2.31. The van der Waals surface area contributed by atoms with Gasteiger partial charge in [-0.3, -0.25) is 0 Å². The summed E-state index contributed by atoms with van der Waals surface area (Å²) in [6.07, 6.45) is 3.01. The Morgan fingerprint density at radius 3 is 2.84 bits per heavy atom. The molecule has 98 valence electrons. The molecular weight excluding hydrogens is 263 g/mol. The second-order valence-electron chi connectivity index (χ2n) is 4.70. The first-order valence-corrected chi connectivity index (χ1v) is 7.28. The van der Waals surface area contributed by atoms with Gasteiger partial charge in [-0.05, 0) is 37.0 Å². The van der Waals surface area contributed by atoms with E-state index in [9.17, 15) is 9.18 Å². The van der Waals surface area contributed by atoms with Crippen LogP contribution in [0.4, 0.5) is 9.18 Å². The molecule has 1 fully saturated rings. The van der Waals surface area contributed by atoms with Crippen LogP contribution in [0.1, 0.15) is 24.8 Å². The number of aliphatic imine (C=N–C) groups is 2. The average molecular weight is 276 g/mol. The second kappa shape index (κ2) is 5.25. The number of carbonyl (C=O) groups is 1. The molecule has 0 radical (unpaired) electrons. The van der Waals surface area contributed by atoms with Gasteiger partial charge in [0.2, 0.25) is 0 Å². The lowest BCUT2D eigenvalue weighted by Crippen LogP contribution is -2.22. The molecule has 0 saturated heterocycles. The molecule has 2 aliphatic rings. The Bertz CT molecular complexity index is 565. The van der Waals surface area contributed by atoms with Crippen molar-refractivity contribution in [3.05, 3.63) is 35.6 Å². The number of thioether (sulfide) groups is 1. The average Bonchev–Trinajstić information content (AvgIpc) is 2.85. The number of hydrogen-bond donors (Lipinski definition) is 0. The first-order valence-electron chi connectivity index (χ1n) is 6.29. The molecule has 0 aromatic heterocycles. The summed E-state index contributed by atoms with van der Waals surface area (Å²) in [5, 5.41) is 0.872. The second-order valence-corrected chi connectivity index (χ2v) is 5.69. The normalized spacial score (nSPS) is 21.9. The lowest BCUT2D eigenvalue weighted by molar-refractivity contribution is 0.256.